The van der Waals surface area contributed by atoms with E-state index in [0.717, 1.165) is 62.9 Å². The maximum absolute atomic E-state index is 9.32. The van der Waals surface area contributed by atoms with E-state index in [1.54, 1.807) is 24.8 Å². The highest BCUT2D eigenvalue weighted by Gasteiger charge is 2.15. The summed E-state index contributed by atoms with van der Waals surface area (Å²) in [5.74, 6) is 2.37. The van der Waals surface area contributed by atoms with Crippen LogP contribution in [-0.4, -0.2) is 39.9 Å². The number of hydrogen-bond donors (Lipinski definition) is 3. The number of aliphatic hydroxyl groups excluding tert-OH is 2. The standard InChI is InChI=1S/C46H47Cl2N3O6/c1-32-38(31-57-46-24-44(55-30-35-10-7-16-50-26-35)39(22-42(46)48)27-51-17-19-53)13-5-14-40(32)36-12-4-8-33(20-36)28-56-45-23-43(54-29-34-9-6-15-49-25-34)37(21-41(45)47)11-2-3-18-52/h4-10,12-16,20-26,51-53H,2-3,11,17-19,27-31H2,1H3. The van der Waals surface area contributed by atoms with Gasteiger partial charge in [-0.1, -0.05) is 71.7 Å². The maximum Gasteiger partial charge on any atom is 0.142 e. The molecule has 0 atom stereocenters. The first-order valence-corrected chi connectivity index (χ1v) is 19.7. The zero-order chi connectivity index (χ0) is 39.8. The van der Waals surface area contributed by atoms with Crippen LogP contribution in [0.3, 0.4) is 0 Å². The highest BCUT2D eigenvalue weighted by molar-refractivity contribution is 6.32. The van der Waals surface area contributed by atoms with Crippen molar-refractivity contribution in [1.29, 1.82) is 0 Å². The Kier molecular flexibility index (Phi) is 15.6. The third kappa shape index (κ3) is 11.9. The minimum absolute atomic E-state index is 0.0271. The smallest absolute Gasteiger partial charge is 0.142 e. The third-order valence-corrected chi connectivity index (χ3v) is 9.97. The second-order valence-electron chi connectivity index (χ2n) is 13.5. The summed E-state index contributed by atoms with van der Waals surface area (Å²) in [6, 6.07) is 29.5. The molecule has 57 heavy (non-hydrogen) atoms. The number of aryl methyl sites for hydroxylation is 1. The molecular weight excluding hydrogens is 761 g/mol. The molecule has 0 aliphatic heterocycles. The topological polar surface area (TPSA) is 115 Å². The molecule has 2 heterocycles. The number of nitrogens with one attached hydrogen (secondary N) is 1. The van der Waals surface area contributed by atoms with E-state index in [-0.39, 0.29) is 13.2 Å². The first kappa shape index (κ1) is 41.5. The largest absolute Gasteiger partial charge is 0.488 e. The molecule has 0 aliphatic carbocycles. The fourth-order valence-electron chi connectivity index (χ4n) is 6.29. The van der Waals surface area contributed by atoms with Gasteiger partial charge >= 0.3 is 0 Å². The molecule has 9 nitrogen and oxygen atoms in total. The Morgan fingerprint density at radius 1 is 0.579 bits per heavy atom. The van der Waals surface area contributed by atoms with Gasteiger partial charge in [0.25, 0.3) is 0 Å². The summed E-state index contributed by atoms with van der Waals surface area (Å²) in [5, 5.41) is 22.8. The Balaban J connectivity index is 1.15. The molecule has 0 aliphatic rings. The molecule has 2 aromatic heterocycles. The van der Waals surface area contributed by atoms with Gasteiger partial charge in [-0.15, -0.1) is 0 Å². The van der Waals surface area contributed by atoms with Gasteiger partial charge in [-0.05, 0) is 89.9 Å². The van der Waals surface area contributed by atoms with Crippen LogP contribution in [0.2, 0.25) is 10.0 Å². The van der Waals surface area contributed by atoms with Crippen LogP contribution in [0, 0.1) is 6.92 Å². The van der Waals surface area contributed by atoms with Crippen molar-refractivity contribution in [2.75, 3.05) is 19.8 Å². The molecule has 6 aromatic rings. The molecule has 0 radical (unpaired) electrons. The van der Waals surface area contributed by atoms with Crippen LogP contribution in [0.5, 0.6) is 23.0 Å². The molecule has 6 rings (SSSR count). The van der Waals surface area contributed by atoms with Crippen molar-refractivity contribution in [2.45, 2.75) is 59.2 Å². The summed E-state index contributed by atoms with van der Waals surface area (Å²) in [6.45, 7) is 4.47. The molecule has 296 valence electrons. The number of rotatable bonds is 21. The molecular formula is C46H47Cl2N3O6. The first-order valence-electron chi connectivity index (χ1n) is 19.0. The van der Waals surface area contributed by atoms with Gasteiger partial charge in [0.15, 0.2) is 0 Å². The fraction of sp³-hybridized carbons (Fsp3) is 0.261. The van der Waals surface area contributed by atoms with Crippen molar-refractivity contribution in [3.63, 3.8) is 0 Å². The van der Waals surface area contributed by atoms with Gasteiger partial charge in [0.2, 0.25) is 0 Å². The van der Waals surface area contributed by atoms with E-state index < -0.39 is 0 Å². The van der Waals surface area contributed by atoms with Crippen LogP contribution < -0.4 is 24.3 Å². The number of hydrogen-bond acceptors (Lipinski definition) is 9. The van der Waals surface area contributed by atoms with Gasteiger partial charge in [0.1, 0.15) is 49.4 Å². The molecule has 0 bridgehead atoms. The van der Waals surface area contributed by atoms with E-state index in [1.807, 2.05) is 66.7 Å². The number of benzene rings is 4. The molecule has 0 unspecified atom stereocenters. The normalized spacial score (nSPS) is 11.0. The SMILES string of the molecule is Cc1c(COc2cc(OCc3cccnc3)c(CNCCO)cc2Cl)cccc1-c1cccc(COc2cc(OCc3cccnc3)c(CCCCO)cc2Cl)c1. The van der Waals surface area contributed by atoms with E-state index >= 15 is 0 Å². The molecule has 3 N–H and O–H groups in total. The number of nitrogens with zero attached hydrogens (tertiary/aromatic N) is 2. The molecule has 4 aromatic carbocycles. The Hall–Kier alpha value is -5.16. The average Bonchev–Trinajstić information content (AvgIpc) is 3.23. The first-order chi connectivity index (χ1) is 27.9. The minimum Gasteiger partial charge on any atom is -0.488 e. The van der Waals surface area contributed by atoms with Crippen molar-refractivity contribution in [3.8, 4) is 34.1 Å². The van der Waals surface area contributed by atoms with Crippen LogP contribution in [-0.2, 0) is 39.4 Å². The quantitative estimate of drug-likeness (QED) is 0.0612. The molecule has 0 spiro atoms. The number of aliphatic hydroxyl groups is 2. The predicted octanol–water partition coefficient (Wildman–Crippen LogP) is 9.47. The van der Waals surface area contributed by atoms with Crippen molar-refractivity contribution in [2.24, 2.45) is 0 Å². The highest BCUT2D eigenvalue weighted by Crippen LogP contribution is 2.37. The Bertz CT molecular complexity index is 2190. The van der Waals surface area contributed by atoms with Crippen LogP contribution in [0.15, 0.2) is 116 Å². The molecule has 0 fully saturated rings. The van der Waals surface area contributed by atoms with Crippen molar-refractivity contribution < 1.29 is 29.2 Å². The molecule has 0 saturated carbocycles. The van der Waals surface area contributed by atoms with Gasteiger partial charge in [-0.25, -0.2) is 0 Å². The Labute approximate surface area is 344 Å². The second kappa shape index (κ2) is 21.4. The van der Waals surface area contributed by atoms with E-state index in [2.05, 4.69) is 46.5 Å². The lowest BCUT2D eigenvalue weighted by atomic mass is 9.95. The monoisotopic (exact) mass is 807 g/mol. The molecule has 11 heteroatoms. The summed E-state index contributed by atoms with van der Waals surface area (Å²) >= 11 is 13.5. The van der Waals surface area contributed by atoms with Crippen LogP contribution in [0.4, 0.5) is 0 Å². The van der Waals surface area contributed by atoms with Gasteiger partial charge in [-0.3, -0.25) is 9.97 Å². The Morgan fingerprint density at radius 3 is 1.82 bits per heavy atom. The summed E-state index contributed by atoms with van der Waals surface area (Å²) in [4.78, 5) is 8.37. The van der Waals surface area contributed by atoms with Gasteiger partial charge in [0.05, 0.1) is 16.7 Å². The van der Waals surface area contributed by atoms with Crippen LogP contribution in [0.25, 0.3) is 11.1 Å². The summed E-state index contributed by atoms with van der Waals surface area (Å²) in [7, 11) is 0. The average molecular weight is 809 g/mol. The zero-order valence-electron chi connectivity index (χ0n) is 31.9. The lowest BCUT2D eigenvalue weighted by molar-refractivity contribution is 0.280. The maximum atomic E-state index is 9.32. The van der Waals surface area contributed by atoms with E-state index in [4.69, 9.17) is 42.1 Å². The molecule has 0 amide bonds. The van der Waals surface area contributed by atoms with Crippen LogP contribution >= 0.6 is 23.2 Å². The predicted molar refractivity (Wildman–Crippen MR) is 224 cm³/mol. The highest BCUT2D eigenvalue weighted by atomic mass is 35.5. The fourth-order valence-corrected chi connectivity index (χ4v) is 6.77. The minimum atomic E-state index is 0.0271. The van der Waals surface area contributed by atoms with Gasteiger partial charge < -0.3 is 34.5 Å². The zero-order valence-corrected chi connectivity index (χ0v) is 33.4. The van der Waals surface area contributed by atoms with E-state index in [1.165, 1.54) is 0 Å². The number of halogens is 2. The lowest BCUT2D eigenvalue weighted by Crippen LogP contribution is -2.18. The second-order valence-corrected chi connectivity index (χ2v) is 14.3. The van der Waals surface area contributed by atoms with Crippen molar-refractivity contribution in [3.05, 3.63) is 165 Å². The summed E-state index contributed by atoms with van der Waals surface area (Å²) < 4.78 is 25.1. The number of ether oxygens (including phenoxy) is 4. The van der Waals surface area contributed by atoms with E-state index in [0.29, 0.717) is 79.0 Å². The van der Waals surface area contributed by atoms with Crippen molar-refractivity contribution >= 4 is 23.2 Å². The number of unbranched alkanes of at least 4 members (excludes halogenated alkanes) is 1. The Morgan fingerprint density at radius 2 is 1.18 bits per heavy atom. The van der Waals surface area contributed by atoms with Gasteiger partial charge in [0, 0.05) is 73.3 Å². The lowest BCUT2D eigenvalue weighted by Gasteiger charge is -2.17. The molecule has 0 saturated heterocycles. The third-order valence-electron chi connectivity index (χ3n) is 9.38. The number of aromatic nitrogens is 2. The number of pyridine rings is 2. The van der Waals surface area contributed by atoms with E-state index in [9.17, 15) is 10.2 Å². The van der Waals surface area contributed by atoms with Gasteiger partial charge in [-0.2, -0.15) is 0 Å². The summed E-state index contributed by atoms with van der Waals surface area (Å²) in [5.41, 5.74) is 8.91. The summed E-state index contributed by atoms with van der Waals surface area (Å²) in [6.07, 6.45) is 9.24. The van der Waals surface area contributed by atoms with Crippen LogP contribution in [0.1, 0.15) is 51.8 Å². The van der Waals surface area contributed by atoms with Crippen molar-refractivity contribution in [1.82, 2.24) is 15.3 Å².